The summed E-state index contributed by atoms with van der Waals surface area (Å²) in [6, 6.07) is 46.6. The Morgan fingerprint density at radius 3 is 1.19 bits per heavy atom. The standard InChI is InChI=1S/C66H82N3/c1-12-14-16-18-20-24-38-68(65-51(8)42-47(4)43-52(65)9)57-32-28-55(29-33-57)63(61-36-37-62(60-27-23-22-26-59(60)61)67-64-49(6)40-46(3)41-50(64)7)56-30-34-58(35-31-56)69(39-25-21-19-17-15-13-2)66-53(10)44-48(5)45-54(66)11/h22-23,26-37,40-45,67H,12-21,24-25,38-39H2,1-11H3/q+1. The zero-order valence-corrected chi connectivity index (χ0v) is 44.3. The zero-order valence-electron chi connectivity index (χ0n) is 44.3. The van der Waals surface area contributed by atoms with Crippen molar-refractivity contribution in [3.8, 4) is 0 Å². The summed E-state index contributed by atoms with van der Waals surface area (Å²) in [7, 11) is 0. The SMILES string of the molecule is CCCCCCCCN(c1ccc([C+](c2ccc(N(CCCCCCCC)c3c(C)cc(C)cc3C)cc2)c2ccc(Nc3c(C)cc(C)cc3C)c3ccccc23)cc1)c1c(C)cc(C)cc1C. The van der Waals surface area contributed by atoms with Crippen molar-refractivity contribution in [2.24, 2.45) is 0 Å². The van der Waals surface area contributed by atoms with Crippen LogP contribution in [0.4, 0.5) is 34.1 Å². The lowest BCUT2D eigenvalue weighted by atomic mass is 9.82. The van der Waals surface area contributed by atoms with E-state index in [0.29, 0.717) is 0 Å². The highest BCUT2D eigenvalue weighted by molar-refractivity contribution is 6.00. The first-order valence-corrected chi connectivity index (χ1v) is 26.5. The monoisotopic (exact) mass is 917 g/mol. The molecular formula is C66H82N3+. The van der Waals surface area contributed by atoms with E-state index in [1.54, 1.807) is 0 Å². The molecule has 3 heteroatoms. The number of aryl methyl sites for hydroxylation is 9. The summed E-state index contributed by atoms with van der Waals surface area (Å²) in [5.74, 6) is 1.24. The highest BCUT2D eigenvalue weighted by Gasteiger charge is 2.28. The topological polar surface area (TPSA) is 18.5 Å². The maximum Gasteiger partial charge on any atom is 0.0638 e. The number of hydrogen-bond donors (Lipinski definition) is 1. The molecule has 0 aliphatic heterocycles. The normalized spacial score (nSPS) is 11.3. The molecule has 0 saturated heterocycles. The minimum absolute atomic E-state index is 1.00. The summed E-state index contributed by atoms with van der Waals surface area (Å²) in [5.41, 5.74) is 23.0. The Balaban J connectivity index is 1.32. The van der Waals surface area contributed by atoms with E-state index in [9.17, 15) is 0 Å². The van der Waals surface area contributed by atoms with Gasteiger partial charge in [-0.3, -0.25) is 0 Å². The Hall–Kier alpha value is -5.93. The number of unbranched alkanes of at least 4 members (excludes halogenated alkanes) is 10. The van der Waals surface area contributed by atoms with E-state index in [-0.39, 0.29) is 0 Å². The summed E-state index contributed by atoms with van der Waals surface area (Å²) < 4.78 is 0. The van der Waals surface area contributed by atoms with Crippen LogP contribution < -0.4 is 15.1 Å². The Labute approximate surface area is 418 Å². The number of fused-ring (bicyclic) bond motifs is 1. The summed E-state index contributed by atoms with van der Waals surface area (Å²) in [4.78, 5) is 5.20. The Bertz CT molecular complexity index is 2590. The molecule has 7 rings (SSSR count). The molecule has 0 fully saturated rings. The lowest BCUT2D eigenvalue weighted by molar-refractivity contribution is 0.609. The van der Waals surface area contributed by atoms with Gasteiger partial charge in [-0.25, -0.2) is 0 Å². The second-order valence-corrected chi connectivity index (χ2v) is 20.4. The molecule has 0 amide bonds. The number of nitrogens with one attached hydrogen (secondary N) is 1. The average Bonchev–Trinajstić information content (AvgIpc) is 3.31. The van der Waals surface area contributed by atoms with Crippen molar-refractivity contribution < 1.29 is 0 Å². The molecule has 7 aromatic carbocycles. The van der Waals surface area contributed by atoms with Crippen molar-refractivity contribution in [3.63, 3.8) is 0 Å². The number of hydrogen-bond acceptors (Lipinski definition) is 3. The Morgan fingerprint density at radius 1 is 0.391 bits per heavy atom. The number of benzene rings is 7. The van der Waals surface area contributed by atoms with Gasteiger partial charge in [0.1, 0.15) is 0 Å². The molecule has 0 aliphatic carbocycles. The fraction of sp³-hybridized carbons (Fsp3) is 0.379. The van der Waals surface area contributed by atoms with Crippen LogP contribution in [-0.2, 0) is 0 Å². The average molecular weight is 917 g/mol. The second-order valence-electron chi connectivity index (χ2n) is 20.4. The van der Waals surface area contributed by atoms with Crippen LogP contribution in [0.2, 0.25) is 0 Å². The molecule has 0 spiro atoms. The molecule has 7 aromatic rings. The van der Waals surface area contributed by atoms with Crippen molar-refractivity contribution >= 4 is 44.9 Å². The highest BCUT2D eigenvalue weighted by Crippen LogP contribution is 2.42. The Morgan fingerprint density at radius 2 is 0.768 bits per heavy atom. The summed E-state index contributed by atoms with van der Waals surface area (Å²) >= 11 is 0. The molecule has 69 heavy (non-hydrogen) atoms. The van der Waals surface area contributed by atoms with Gasteiger partial charge in [0.25, 0.3) is 0 Å². The fourth-order valence-electron chi connectivity index (χ4n) is 11.3. The third-order valence-electron chi connectivity index (χ3n) is 14.3. The largest absolute Gasteiger partial charge is 0.354 e. The van der Waals surface area contributed by atoms with Gasteiger partial charge in [0.05, 0.1) is 39.7 Å². The first kappa shape index (κ1) is 50.9. The number of anilines is 6. The minimum atomic E-state index is 1.00. The van der Waals surface area contributed by atoms with Gasteiger partial charge < -0.3 is 15.1 Å². The first-order chi connectivity index (χ1) is 33.4. The van der Waals surface area contributed by atoms with Crippen LogP contribution in [0.5, 0.6) is 0 Å². The molecule has 360 valence electrons. The predicted octanol–water partition coefficient (Wildman–Crippen LogP) is 19.4. The van der Waals surface area contributed by atoms with Crippen molar-refractivity contribution in [1.82, 2.24) is 0 Å². The number of nitrogens with zero attached hydrogens (tertiary/aromatic N) is 2. The minimum Gasteiger partial charge on any atom is -0.354 e. The van der Waals surface area contributed by atoms with Crippen LogP contribution in [0.25, 0.3) is 10.8 Å². The molecule has 0 aliphatic rings. The lowest BCUT2D eigenvalue weighted by Crippen LogP contribution is -2.21. The van der Waals surface area contributed by atoms with Crippen LogP contribution in [0, 0.1) is 68.2 Å². The van der Waals surface area contributed by atoms with Gasteiger partial charge in [0, 0.05) is 40.9 Å². The van der Waals surface area contributed by atoms with Gasteiger partial charge in [0.2, 0.25) is 0 Å². The second kappa shape index (κ2) is 24.1. The van der Waals surface area contributed by atoms with Crippen LogP contribution >= 0.6 is 0 Å². The van der Waals surface area contributed by atoms with E-state index in [1.165, 1.54) is 189 Å². The van der Waals surface area contributed by atoms with E-state index in [4.69, 9.17) is 0 Å². The van der Waals surface area contributed by atoms with Crippen molar-refractivity contribution in [2.75, 3.05) is 28.2 Å². The Kier molecular flexibility index (Phi) is 17.8. The molecule has 0 unspecified atom stereocenters. The van der Waals surface area contributed by atoms with Crippen LogP contribution in [0.1, 0.15) is 158 Å². The zero-order chi connectivity index (χ0) is 49.0. The lowest BCUT2D eigenvalue weighted by Gasteiger charge is -2.29. The molecule has 0 aromatic heterocycles. The van der Waals surface area contributed by atoms with Crippen LogP contribution in [0.3, 0.4) is 0 Å². The highest BCUT2D eigenvalue weighted by atomic mass is 15.1. The third-order valence-corrected chi connectivity index (χ3v) is 14.3. The third kappa shape index (κ3) is 12.5. The van der Waals surface area contributed by atoms with Crippen LogP contribution in [0.15, 0.2) is 121 Å². The molecule has 0 atom stereocenters. The van der Waals surface area contributed by atoms with E-state index >= 15 is 0 Å². The summed E-state index contributed by atoms with van der Waals surface area (Å²) in [5, 5.41) is 6.34. The van der Waals surface area contributed by atoms with Gasteiger partial charge in [-0.2, -0.15) is 0 Å². The fourth-order valence-corrected chi connectivity index (χ4v) is 11.3. The molecule has 3 nitrogen and oxygen atoms in total. The van der Waals surface area contributed by atoms with E-state index in [0.717, 1.165) is 18.8 Å². The van der Waals surface area contributed by atoms with E-state index in [2.05, 4.69) is 213 Å². The summed E-state index contributed by atoms with van der Waals surface area (Å²) in [6.07, 6.45) is 15.3. The smallest absolute Gasteiger partial charge is 0.0638 e. The van der Waals surface area contributed by atoms with Gasteiger partial charge in [0.15, 0.2) is 0 Å². The van der Waals surface area contributed by atoms with Gasteiger partial charge >= 0.3 is 0 Å². The molecule has 1 N–H and O–H groups in total. The van der Waals surface area contributed by atoms with Gasteiger partial charge in [-0.15, -0.1) is 0 Å². The van der Waals surface area contributed by atoms with Crippen molar-refractivity contribution in [2.45, 2.75) is 153 Å². The molecule has 0 radical (unpaired) electrons. The predicted molar refractivity (Wildman–Crippen MR) is 303 cm³/mol. The van der Waals surface area contributed by atoms with E-state index in [1.807, 2.05) is 0 Å². The summed E-state index contributed by atoms with van der Waals surface area (Å²) in [6.45, 7) is 26.8. The van der Waals surface area contributed by atoms with Crippen molar-refractivity contribution in [1.29, 1.82) is 0 Å². The molecular weight excluding hydrogens is 835 g/mol. The maximum atomic E-state index is 3.89. The van der Waals surface area contributed by atoms with Gasteiger partial charge in [-0.05, 0) is 181 Å². The van der Waals surface area contributed by atoms with Crippen LogP contribution in [-0.4, -0.2) is 13.1 Å². The van der Waals surface area contributed by atoms with Crippen molar-refractivity contribution in [3.05, 3.63) is 194 Å². The molecule has 0 heterocycles. The van der Waals surface area contributed by atoms with Gasteiger partial charge in [-0.1, -0.05) is 143 Å². The maximum absolute atomic E-state index is 3.89. The number of rotatable bonds is 23. The first-order valence-electron chi connectivity index (χ1n) is 26.5. The van der Waals surface area contributed by atoms with E-state index < -0.39 is 0 Å². The molecule has 0 bridgehead atoms. The quantitative estimate of drug-likeness (QED) is 0.0392. The molecule has 0 saturated carbocycles.